The van der Waals surface area contributed by atoms with Gasteiger partial charge in [-0.15, -0.1) is 0 Å². The second kappa shape index (κ2) is 27.6. The molecule has 4 fully saturated rings. The van der Waals surface area contributed by atoms with Gasteiger partial charge in [-0.2, -0.15) is 0 Å². The molecule has 0 bridgehead atoms. The summed E-state index contributed by atoms with van der Waals surface area (Å²) in [4.78, 5) is 26.7. The Morgan fingerprint density at radius 1 is 0.552 bits per heavy atom. The molecule has 4 saturated heterocycles. The van der Waals surface area contributed by atoms with Crippen molar-refractivity contribution in [1.82, 2.24) is 0 Å². The highest BCUT2D eigenvalue weighted by atomic mass is 16.8. The summed E-state index contributed by atoms with van der Waals surface area (Å²) in [5.74, 6) is -5.08. The molecule has 0 unspecified atom stereocenters. The number of fused-ring (bicyclic) bond motifs is 1. The summed E-state index contributed by atoms with van der Waals surface area (Å²) in [6.07, 6.45) is -29.6. The fourth-order valence-corrected chi connectivity index (χ4v) is 9.55. The SMILES string of the molecule is COc1cc(C=CC(=O)O[C@H]2[C@H](O[C@H]3[C@H](Oc4cc5c(O[C@@H]6O[C@H](CO)[C@@H](O)[C@H](O)[C@H]6O)cc(O)cc5[o+]c4-c4ccc(O)c(O)c4)O[C@H](COC(=O)/C=C/c4ccc(O[C@@H]5O[C@H](CO)[C@@H](O)[C@H](O)[C@H]5O)cc4)[C@@H](O)[C@@H]3O)OC[C@@H](O)[C@@H]2O)ccc1O. The van der Waals surface area contributed by atoms with Crippen LogP contribution in [-0.4, -0.2) is 244 Å². The van der Waals surface area contributed by atoms with Gasteiger partial charge in [0.1, 0.15) is 109 Å². The van der Waals surface area contributed by atoms with Crippen molar-refractivity contribution in [2.75, 3.05) is 33.5 Å². The summed E-state index contributed by atoms with van der Waals surface area (Å²) >= 11 is 0. The number of aliphatic hydroxyl groups is 12. The van der Waals surface area contributed by atoms with Crippen LogP contribution in [0.25, 0.3) is 34.4 Å². The lowest BCUT2D eigenvalue weighted by atomic mass is 9.98. The van der Waals surface area contributed by atoms with E-state index in [0.29, 0.717) is 11.1 Å². The summed E-state index contributed by atoms with van der Waals surface area (Å²) in [5, 5.41) is 169. The molecule has 30 heteroatoms. The third-order valence-electron chi connectivity index (χ3n) is 14.4. The number of rotatable bonds is 19. The molecule has 9 rings (SSSR count). The minimum atomic E-state index is -2.17. The zero-order chi connectivity index (χ0) is 62.5. The van der Waals surface area contributed by atoms with Crippen LogP contribution in [0.2, 0.25) is 0 Å². The predicted molar refractivity (Wildman–Crippen MR) is 288 cm³/mol. The first kappa shape index (κ1) is 63.9. The number of methoxy groups -OCH3 is 1. The van der Waals surface area contributed by atoms with Crippen molar-refractivity contribution in [3.05, 3.63) is 102 Å². The summed E-state index contributed by atoms with van der Waals surface area (Å²) < 4.78 is 69.4. The van der Waals surface area contributed by atoms with Crippen LogP contribution in [0.5, 0.6) is 46.0 Å². The van der Waals surface area contributed by atoms with Crippen LogP contribution in [0.15, 0.2) is 95.4 Å². The normalized spacial score (nSPS) is 32.0. The highest BCUT2D eigenvalue weighted by Gasteiger charge is 2.53. The van der Waals surface area contributed by atoms with E-state index >= 15 is 0 Å². The average molecular weight is 1230 g/mol. The van der Waals surface area contributed by atoms with Crippen molar-refractivity contribution in [3.63, 3.8) is 0 Å². The molecule has 5 heterocycles. The topological polar surface area (TPSA) is 471 Å². The van der Waals surface area contributed by atoms with Gasteiger partial charge >= 0.3 is 23.3 Å². The van der Waals surface area contributed by atoms with Gasteiger partial charge in [0, 0.05) is 30.4 Å². The Bertz CT molecular complexity index is 3250. The third-order valence-corrected chi connectivity index (χ3v) is 14.4. The molecule has 0 spiro atoms. The Labute approximate surface area is 491 Å². The second-order valence-corrected chi connectivity index (χ2v) is 20.3. The van der Waals surface area contributed by atoms with Crippen molar-refractivity contribution in [3.8, 4) is 57.3 Å². The maximum atomic E-state index is 13.4. The Balaban J connectivity index is 1.02. The highest BCUT2D eigenvalue weighted by molar-refractivity contribution is 5.89. The molecule has 87 heavy (non-hydrogen) atoms. The van der Waals surface area contributed by atoms with E-state index in [1.807, 2.05) is 0 Å². The summed E-state index contributed by atoms with van der Waals surface area (Å²) in [6, 6.07) is 16.6. The Morgan fingerprint density at radius 3 is 1.80 bits per heavy atom. The lowest BCUT2D eigenvalue weighted by molar-refractivity contribution is -0.345. The molecular weight excluding hydrogens is 1160 g/mol. The number of hydrogen-bond acceptors (Lipinski definition) is 29. The summed E-state index contributed by atoms with van der Waals surface area (Å²) in [7, 11) is 1.31. The maximum absolute atomic E-state index is 13.4. The van der Waals surface area contributed by atoms with Crippen LogP contribution in [-0.2, 0) is 42.7 Å². The van der Waals surface area contributed by atoms with Crippen molar-refractivity contribution < 1.29 is 148 Å². The van der Waals surface area contributed by atoms with Crippen LogP contribution in [0.1, 0.15) is 11.1 Å². The van der Waals surface area contributed by atoms with E-state index in [-0.39, 0.29) is 45.3 Å². The Kier molecular flexibility index (Phi) is 20.3. The number of hydrogen-bond donors (Lipinski definition) is 16. The van der Waals surface area contributed by atoms with Crippen LogP contribution < -0.4 is 18.9 Å². The van der Waals surface area contributed by atoms with Gasteiger partial charge in [0.15, 0.2) is 41.5 Å². The Morgan fingerprint density at radius 2 is 1.15 bits per heavy atom. The van der Waals surface area contributed by atoms with Crippen LogP contribution >= 0.6 is 0 Å². The number of carbonyl (C=O) groups excluding carboxylic acids is 2. The fraction of sp³-hybridized carbons (Fsp3) is 0.421. The number of benzene rings is 4. The number of esters is 2. The Hall–Kier alpha value is -7.57. The molecule has 0 radical (unpaired) electrons. The number of aromatic hydroxyl groups is 4. The van der Waals surface area contributed by atoms with E-state index in [4.69, 9.17) is 56.5 Å². The van der Waals surface area contributed by atoms with Gasteiger partial charge in [-0.3, -0.25) is 0 Å². The molecule has 19 atom stereocenters. The van der Waals surface area contributed by atoms with Crippen LogP contribution in [0, 0.1) is 0 Å². The second-order valence-electron chi connectivity index (χ2n) is 20.3. The monoisotopic (exact) mass is 1230 g/mol. The molecular formula is C57H63O30+. The maximum Gasteiger partial charge on any atom is 0.402 e. The molecule has 0 amide bonds. The minimum absolute atomic E-state index is 0.0532. The molecule has 0 saturated carbocycles. The van der Waals surface area contributed by atoms with Gasteiger partial charge in [-0.25, -0.2) is 14.0 Å². The number of aliphatic hydroxyl groups excluding tert-OH is 12. The standard InChI is InChI=1S/C57H62O30/c1-76-35-14-24(4-10-30(35)62)6-13-41(66)86-52-42(67)32(64)21-78-56(52)87-53-48(73)45(70)39(22-77-40(65)12-5-23-2-8-27(9-3-23)79-54-49(74)46(71)43(68)37(19-58)83-54)85-57(53)82-36-18-28-33(80-51(36)25-7-11-29(61)31(63)15-25)16-26(60)17-34(28)81-55-50(75)47(72)44(69)38(20-59)84-55/h2-18,32,37-39,42-50,52-59,64,67-75H,19-22H2,1H3,(H3-,60,61,62,63,66)/p+1/b12-5+/t32-,37-,38-,39-,42+,43-,44-,45-,46+,47+,48+,49-,50-,52-,53-,54-,55-,56+,57-/m1/s1. The average Bonchev–Trinajstić information content (AvgIpc) is 1.01. The van der Waals surface area contributed by atoms with E-state index in [1.165, 1.54) is 73.9 Å². The molecule has 4 aromatic carbocycles. The van der Waals surface area contributed by atoms with Gasteiger partial charge < -0.3 is 134 Å². The van der Waals surface area contributed by atoms with E-state index in [0.717, 1.165) is 36.4 Å². The van der Waals surface area contributed by atoms with Crippen molar-refractivity contribution >= 4 is 35.1 Å². The first-order valence-corrected chi connectivity index (χ1v) is 26.7. The molecule has 16 N–H and O–H groups in total. The molecule has 5 aromatic rings. The number of carbonyl (C=O) groups is 2. The quantitative estimate of drug-likeness (QED) is 0.0180. The lowest BCUT2D eigenvalue weighted by Gasteiger charge is -2.45. The predicted octanol–water partition coefficient (Wildman–Crippen LogP) is -2.26. The zero-order valence-electron chi connectivity index (χ0n) is 45.5. The number of phenolic OH excluding ortho intramolecular Hbond substituents is 4. The first-order chi connectivity index (χ1) is 41.5. The number of ether oxygens (including phenoxy) is 11. The number of phenols is 4. The van der Waals surface area contributed by atoms with Crippen LogP contribution in [0.3, 0.4) is 0 Å². The van der Waals surface area contributed by atoms with Crippen molar-refractivity contribution in [2.24, 2.45) is 0 Å². The summed E-state index contributed by atoms with van der Waals surface area (Å²) in [5.41, 5.74) is 0.466. The van der Waals surface area contributed by atoms with Gasteiger partial charge in [0.2, 0.25) is 24.6 Å². The van der Waals surface area contributed by atoms with E-state index in [9.17, 15) is 91.3 Å². The lowest BCUT2D eigenvalue weighted by Crippen LogP contribution is -2.64. The zero-order valence-corrected chi connectivity index (χ0v) is 45.5. The van der Waals surface area contributed by atoms with Gasteiger partial charge in [-0.1, -0.05) is 18.2 Å². The largest absolute Gasteiger partial charge is 0.507 e. The molecule has 4 aliphatic rings. The molecule has 1 aromatic heterocycles. The van der Waals surface area contributed by atoms with Crippen molar-refractivity contribution in [1.29, 1.82) is 0 Å². The van der Waals surface area contributed by atoms with E-state index in [1.54, 1.807) is 0 Å². The highest BCUT2D eigenvalue weighted by Crippen LogP contribution is 2.44. The molecule has 0 aliphatic carbocycles. The van der Waals surface area contributed by atoms with E-state index in [2.05, 4.69) is 0 Å². The third kappa shape index (κ3) is 14.4. The van der Waals surface area contributed by atoms with Crippen LogP contribution in [0.4, 0.5) is 0 Å². The van der Waals surface area contributed by atoms with Crippen molar-refractivity contribution in [2.45, 2.75) is 117 Å². The minimum Gasteiger partial charge on any atom is -0.507 e. The molecule has 30 nitrogen and oxygen atoms in total. The van der Waals surface area contributed by atoms with Gasteiger partial charge in [0.05, 0.1) is 38.6 Å². The summed E-state index contributed by atoms with van der Waals surface area (Å²) in [6.45, 7) is -3.01. The fourth-order valence-electron chi connectivity index (χ4n) is 9.55. The van der Waals surface area contributed by atoms with Gasteiger partial charge in [-0.05, 0) is 59.7 Å². The molecule has 470 valence electrons. The first-order valence-electron chi connectivity index (χ1n) is 26.7. The smallest absolute Gasteiger partial charge is 0.402 e. The molecule has 4 aliphatic heterocycles. The van der Waals surface area contributed by atoms with Gasteiger partial charge in [0.25, 0.3) is 0 Å². The van der Waals surface area contributed by atoms with E-state index < -0.39 is 178 Å².